The van der Waals surface area contributed by atoms with E-state index in [1.807, 2.05) is 0 Å². The summed E-state index contributed by atoms with van der Waals surface area (Å²) in [4.78, 5) is 10.2. The molecule has 1 rings (SSSR count). The van der Waals surface area contributed by atoms with Crippen molar-refractivity contribution in [1.82, 2.24) is 0 Å². The van der Waals surface area contributed by atoms with E-state index in [0.29, 0.717) is 0 Å². The van der Waals surface area contributed by atoms with Crippen molar-refractivity contribution in [2.45, 2.75) is 6.10 Å². The minimum atomic E-state index is -1.65. The lowest BCUT2D eigenvalue weighted by molar-refractivity contribution is -0.315. The van der Waals surface area contributed by atoms with Crippen LogP contribution >= 0.6 is 11.6 Å². The number of halogens is 1. The minimum Gasteiger partial charge on any atom is -0.547 e. The smallest absolute Gasteiger partial charge is 0.120 e. The van der Waals surface area contributed by atoms with Gasteiger partial charge in [-0.25, -0.2) is 0 Å². The Morgan fingerprint density at radius 3 is 2.58 bits per heavy atom. The average molecular weight is 186 g/mol. The Balaban J connectivity index is 3.02. The quantitative estimate of drug-likeness (QED) is 0.712. The second-order valence-electron chi connectivity index (χ2n) is 2.24. The SMILES string of the molecule is O=C([O-])[C@@H](O)c1ccccc1Cl. The first-order chi connectivity index (χ1) is 5.63. The molecule has 1 atom stereocenters. The molecule has 0 aliphatic heterocycles. The molecular formula is C8H6ClO3-. The maximum absolute atomic E-state index is 10.2. The molecule has 0 aromatic heterocycles. The predicted molar refractivity (Wildman–Crippen MR) is 41.4 cm³/mol. The van der Waals surface area contributed by atoms with Gasteiger partial charge in [0.2, 0.25) is 0 Å². The molecule has 1 N–H and O–H groups in total. The van der Waals surface area contributed by atoms with E-state index in [1.165, 1.54) is 12.1 Å². The summed E-state index contributed by atoms with van der Waals surface area (Å²) >= 11 is 5.61. The molecule has 64 valence electrons. The molecule has 0 fully saturated rings. The Morgan fingerprint density at radius 2 is 2.08 bits per heavy atom. The van der Waals surface area contributed by atoms with Gasteiger partial charge in [0.1, 0.15) is 6.10 Å². The molecule has 1 aromatic rings. The first-order valence-corrected chi connectivity index (χ1v) is 3.64. The number of carbonyl (C=O) groups excluding carboxylic acids is 1. The Labute approximate surface area is 74.2 Å². The zero-order valence-electron chi connectivity index (χ0n) is 6.03. The van der Waals surface area contributed by atoms with E-state index in [0.717, 1.165) is 0 Å². The number of carbonyl (C=O) groups is 1. The Hall–Kier alpha value is -1.06. The number of carboxylic acids is 1. The second-order valence-corrected chi connectivity index (χ2v) is 2.65. The van der Waals surface area contributed by atoms with Crippen molar-refractivity contribution < 1.29 is 15.0 Å². The van der Waals surface area contributed by atoms with E-state index < -0.39 is 12.1 Å². The summed E-state index contributed by atoms with van der Waals surface area (Å²) in [5.74, 6) is -1.55. The molecule has 3 nitrogen and oxygen atoms in total. The van der Waals surface area contributed by atoms with E-state index in [9.17, 15) is 9.90 Å². The highest BCUT2D eigenvalue weighted by Crippen LogP contribution is 2.21. The third-order valence-electron chi connectivity index (χ3n) is 1.42. The maximum atomic E-state index is 10.2. The van der Waals surface area contributed by atoms with E-state index in [-0.39, 0.29) is 10.6 Å². The van der Waals surface area contributed by atoms with Crippen LogP contribution < -0.4 is 5.11 Å². The molecule has 0 aliphatic carbocycles. The number of aliphatic hydroxyl groups is 1. The Bertz CT molecular complexity index is 298. The van der Waals surface area contributed by atoms with Crippen LogP contribution in [0.15, 0.2) is 24.3 Å². The van der Waals surface area contributed by atoms with Crippen LogP contribution in [-0.2, 0) is 4.79 Å². The number of hydrogen-bond acceptors (Lipinski definition) is 3. The zero-order valence-corrected chi connectivity index (χ0v) is 6.78. The third-order valence-corrected chi connectivity index (χ3v) is 1.77. The van der Waals surface area contributed by atoms with Crippen LogP contribution in [0.25, 0.3) is 0 Å². The van der Waals surface area contributed by atoms with Crippen molar-refractivity contribution in [3.05, 3.63) is 34.9 Å². The monoisotopic (exact) mass is 185 g/mol. The molecule has 0 radical (unpaired) electrons. The summed E-state index contributed by atoms with van der Waals surface area (Å²) in [6.45, 7) is 0. The van der Waals surface area contributed by atoms with Gasteiger partial charge in [0.25, 0.3) is 0 Å². The summed E-state index contributed by atoms with van der Waals surface area (Å²) < 4.78 is 0. The molecule has 0 heterocycles. The van der Waals surface area contributed by atoms with Gasteiger partial charge in [0, 0.05) is 10.6 Å². The highest BCUT2D eigenvalue weighted by atomic mass is 35.5. The van der Waals surface area contributed by atoms with E-state index in [4.69, 9.17) is 16.7 Å². The maximum Gasteiger partial charge on any atom is 0.120 e. The van der Waals surface area contributed by atoms with Gasteiger partial charge in [-0.3, -0.25) is 0 Å². The van der Waals surface area contributed by atoms with Crippen molar-refractivity contribution >= 4 is 17.6 Å². The second kappa shape index (κ2) is 3.56. The van der Waals surface area contributed by atoms with Crippen LogP contribution in [0.2, 0.25) is 5.02 Å². The highest BCUT2D eigenvalue weighted by molar-refractivity contribution is 6.31. The Morgan fingerprint density at radius 1 is 1.50 bits per heavy atom. The average Bonchev–Trinajstić information content (AvgIpc) is 2.04. The van der Waals surface area contributed by atoms with Gasteiger partial charge < -0.3 is 15.0 Å². The van der Waals surface area contributed by atoms with E-state index in [2.05, 4.69) is 0 Å². The third kappa shape index (κ3) is 1.75. The van der Waals surface area contributed by atoms with Gasteiger partial charge >= 0.3 is 0 Å². The van der Waals surface area contributed by atoms with Gasteiger partial charge in [-0.1, -0.05) is 29.8 Å². The van der Waals surface area contributed by atoms with Gasteiger partial charge in [-0.15, -0.1) is 0 Å². The van der Waals surface area contributed by atoms with Crippen molar-refractivity contribution in [1.29, 1.82) is 0 Å². The number of benzene rings is 1. The predicted octanol–water partition coefficient (Wildman–Crippen LogP) is 0.123. The fourth-order valence-electron chi connectivity index (χ4n) is 0.824. The molecular weight excluding hydrogens is 180 g/mol. The van der Waals surface area contributed by atoms with Crippen molar-refractivity contribution in [2.75, 3.05) is 0 Å². The fraction of sp³-hybridized carbons (Fsp3) is 0.125. The number of aliphatic carboxylic acids is 1. The molecule has 12 heavy (non-hydrogen) atoms. The molecule has 1 aromatic carbocycles. The lowest BCUT2D eigenvalue weighted by atomic mass is 10.1. The number of rotatable bonds is 2. The lowest BCUT2D eigenvalue weighted by Crippen LogP contribution is -2.29. The van der Waals surface area contributed by atoms with E-state index >= 15 is 0 Å². The fourth-order valence-corrected chi connectivity index (χ4v) is 1.06. The molecule has 0 amide bonds. The standard InChI is InChI=1S/C8H7ClO3/c9-6-4-2-1-3-5(6)7(10)8(11)12/h1-4,7,10H,(H,11,12)/p-1/t7-/m0/s1. The number of carboxylic acid groups (broad SMARTS) is 1. The van der Waals surface area contributed by atoms with Crippen LogP contribution in [-0.4, -0.2) is 11.1 Å². The summed E-state index contributed by atoms with van der Waals surface area (Å²) in [7, 11) is 0. The van der Waals surface area contributed by atoms with E-state index in [1.54, 1.807) is 12.1 Å². The molecule has 0 unspecified atom stereocenters. The van der Waals surface area contributed by atoms with Crippen LogP contribution in [0.3, 0.4) is 0 Å². The first kappa shape index (κ1) is 9.03. The number of aliphatic hydroxyl groups excluding tert-OH is 1. The summed E-state index contributed by atoms with van der Waals surface area (Å²) in [6.07, 6.45) is -1.65. The summed E-state index contributed by atoms with van der Waals surface area (Å²) in [6, 6.07) is 6.17. The molecule has 0 bridgehead atoms. The minimum absolute atomic E-state index is 0.152. The van der Waals surface area contributed by atoms with Crippen molar-refractivity contribution in [3.8, 4) is 0 Å². The molecule has 0 saturated heterocycles. The molecule has 0 spiro atoms. The normalized spacial score (nSPS) is 12.5. The Kier molecular flexibility index (Phi) is 2.68. The molecule has 0 saturated carbocycles. The van der Waals surface area contributed by atoms with Crippen LogP contribution in [0, 0.1) is 0 Å². The topological polar surface area (TPSA) is 60.4 Å². The molecule has 0 aliphatic rings. The van der Waals surface area contributed by atoms with Gasteiger partial charge in [-0.05, 0) is 6.07 Å². The molecule has 4 heteroatoms. The summed E-state index contributed by atoms with van der Waals surface area (Å²) in [5.41, 5.74) is 0.152. The van der Waals surface area contributed by atoms with Gasteiger partial charge in [0.15, 0.2) is 0 Å². The van der Waals surface area contributed by atoms with Gasteiger partial charge in [-0.2, -0.15) is 0 Å². The highest BCUT2D eigenvalue weighted by Gasteiger charge is 2.10. The largest absolute Gasteiger partial charge is 0.547 e. The van der Waals surface area contributed by atoms with Crippen LogP contribution in [0.1, 0.15) is 11.7 Å². The van der Waals surface area contributed by atoms with Crippen molar-refractivity contribution in [2.24, 2.45) is 0 Å². The first-order valence-electron chi connectivity index (χ1n) is 3.26. The zero-order chi connectivity index (χ0) is 9.14. The van der Waals surface area contributed by atoms with Crippen molar-refractivity contribution in [3.63, 3.8) is 0 Å². The van der Waals surface area contributed by atoms with Gasteiger partial charge in [0.05, 0.1) is 5.97 Å². The summed E-state index contributed by atoms with van der Waals surface area (Å²) in [5, 5.41) is 19.5. The van der Waals surface area contributed by atoms with Crippen LogP contribution in [0.4, 0.5) is 0 Å². The number of hydrogen-bond donors (Lipinski definition) is 1. The lowest BCUT2D eigenvalue weighted by Gasteiger charge is -2.12. The van der Waals surface area contributed by atoms with Crippen LogP contribution in [0.5, 0.6) is 0 Å².